The number of carbonyl (C=O) groups is 2. The van der Waals surface area contributed by atoms with Gasteiger partial charge in [-0.1, -0.05) is 11.8 Å². The average Bonchev–Trinajstić information content (AvgIpc) is 2.62. The van der Waals surface area contributed by atoms with E-state index in [0.717, 1.165) is 0 Å². The molecule has 1 rings (SSSR count). The molecule has 0 aliphatic carbocycles. The van der Waals surface area contributed by atoms with Crippen LogP contribution >= 0.6 is 11.8 Å². The Hall–Kier alpha value is -2.45. The zero-order chi connectivity index (χ0) is 18.9. The summed E-state index contributed by atoms with van der Waals surface area (Å²) in [6, 6.07) is 5.57. The van der Waals surface area contributed by atoms with Gasteiger partial charge in [-0.25, -0.2) is 5.48 Å². The fourth-order valence-electron chi connectivity index (χ4n) is 1.84. The van der Waals surface area contributed by atoms with Crippen LogP contribution in [0.2, 0.25) is 0 Å². The molecule has 6 nitrogen and oxygen atoms in total. The first-order valence-electron chi connectivity index (χ1n) is 7.35. The quantitative estimate of drug-likeness (QED) is 0.353. The Labute approximate surface area is 151 Å². The van der Waals surface area contributed by atoms with E-state index in [4.69, 9.17) is 10.3 Å². The van der Waals surface area contributed by atoms with Crippen molar-refractivity contribution in [1.29, 1.82) is 0 Å². The molecular formula is C18H20N2O4S. The lowest BCUT2D eigenvalue weighted by Gasteiger charge is -2.31. The summed E-state index contributed by atoms with van der Waals surface area (Å²) in [6.07, 6.45) is 1.82. The number of hydrogen-bond donors (Lipinski definition) is 4. The maximum atomic E-state index is 12.4. The second kappa shape index (κ2) is 9.75. The second-order valence-electron chi connectivity index (χ2n) is 5.48. The number of amides is 2. The Bertz CT molecular complexity index is 736. The molecule has 0 saturated carbocycles. The van der Waals surface area contributed by atoms with E-state index in [-0.39, 0.29) is 6.61 Å². The lowest BCUT2D eigenvalue weighted by atomic mass is 10.0. The van der Waals surface area contributed by atoms with Crippen LogP contribution in [0.4, 0.5) is 0 Å². The van der Waals surface area contributed by atoms with Gasteiger partial charge >= 0.3 is 0 Å². The van der Waals surface area contributed by atoms with Crippen molar-refractivity contribution in [3.05, 3.63) is 35.4 Å². The van der Waals surface area contributed by atoms with Gasteiger partial charge in [-0.2, -0.15) is 11.8 Å². The molecule has 0 bridgehead atoms. The summed E-state index contributed by atoms with van der Waals surface area (Å²) < 4.78 is -0.612. The maximum absolute atomic E-state index is 12.4. The standard InChI is InChI=1S/C18H20N2O4S/c1-18(2,25-3)15(17(23)20-24)19-16(22)14-10-8-13(9-11-14)7-5-4-6-12-21/h8-11,15,21,24H,12H2,1-3H3,(H,19,22)(H,20,23). The van der Waals surface area contributed by atoms with Crippen molar-refractivity contribution >= 4 is 23.6 Å². The maximum Gasteiger partial charge on any atom is 0.267 e. The van der Waals surface area contributed by atoms with E-state index >= 15 is 0 Å². The highest BCUT2D eigenvalue weighted by atomic mass is 32.2. The van der Waals surface area contributed by atoms with Crippen LogP contribution in [0.25, 0.3) is 0 Å². The van der Waals surface area contributed by atoms with Crippen molar-refractivity contribution in [1.82, 2.24) is 10.8 Å². The summed E-state index contributed by atoms with van der Waals surface area (Å²) in [5.41, 5.74) is 2.61. The minimum absolute atomic E-state index is 0.247. The van der Waals surface area contributed by atoms with Crippen molar-refractivity contribution in [3.63, 3.8) is 0 Å². The number of nitrogens with one attached hydrogen (secondary N) is 2. The molecule has 1 aromatic carbocycles. The third-order valence-electron chi connectivity index (χ3n) is 3.45. The second-order valence-corrected chi connectivity index (χ2v) is 6.94. The molecule has 0 heterocycles. The molecule has 0 aliphatic rings. The van der Waals surface area contributed by atoms with E-state index in [1.807, 2.05) is 6.26 Å². The molecule has 0 aliphatic heterocycles. The predicted molar refractivity (Wildman–Crippen MR) is 97.0 cm³/mol. The molecule has 0 aromatic heterocycles. The van der Waals surface area contributed by atoms with Crippen LogP contribution in [0.1, 0.15) is 29.8 Å². The fourth-order valence-corrected chi connectivity index (χ4v) is 2.25. The van der Waals surface area contributed by atoms with Gasteiger partial charge in [0.2, 0.25) is 0 Å². The molecule has 4 N–H and O–H groups in total. The van der Waals surface area contributed by atoms with Gasteiger partial charge in [0.25, 0.3) is 11.8 Å². The van der Waals surface area contributed by atoms with Crippen LogP contribution in [0.15, 0.2) is 24.3 Å². The molecule has 25 heavy (non-hydrogen) atoms. The Morgan fingerprint density at radius 3 is 2.40 bits per heavy atom. The number of thioether (sulfide) groups is 1. The molecule has 132 valence electrons. The highest BCUT2D eigenvalue weighted by Crippen LogP contribution is 2.26. The monoisotopic (exact) mass is 360 g/mol. The molecule has 0 saturated heterocycles. The fraction of sp³-hybridized carbons (Fsp3) is 0.333. The molecule has 2 amide bonds. The van der Waals surface area contributed by atoms with Gasteiger partial charge in [0.15, 0.2) is 0 Å². The first-order valence-corrected chi connectivity index (χ1v) is 8.58. The number of rotatable bonds is 5. The molecule has 0 spiro atoms. The summed E-state index contributed by atoms with van der Waals surface area (Å²) in [4.78, 5) is 24.3. The largest absolute Gasteiger partial charge is 0.384 e. The van der Waals surface area contributed by atoms with Gasteiger partial charge in [-0.15, -0.1) is 0 Å². The molecule has 1 aromatic rings. The Balaban J connectivity index is 2.91. The molecule has 1 unspecified atom stereocenters. The lowest BCUT2D eigenvalue weighted by molar-refractivity contribution is -0.131. The lowest BCUT2D eigenvalue weighted by Crippen LogP contribution is -2.55. The molecular weight excluding hydrogens is 340 g/mol. The van der Waals surface area contributed by atoms with Gasteiger partial charge in [0.05, 0.1) is 0 Å². The smallest absolute Gasteiger partial charge is 0.267 e. The van der Waals surface area contributed by atoms with Crippen molar-refractivity contribution in [3.8, 4) is 23.7 Å². The van der Waals surface area contributed by atoms with Gasteiger partial charge in [0, 0.05) is 15.9 Å². The molecule has 0 fully saturated rings. The van der Waals surface area contributed by atoms with E-state index in [1.165, 1.54) is 11.8 Å². The topological polar surface area (TPSA) is 98.7 Å². The van der Waals surface area contributed by atoms with E-state index in [0.29, 0.717) is 11.1 Å². The minimum atomic E-state index is -0.909. The van der Waals surface area contributed by atoms with Crippen LogP contribution in [0, 0.1) is 23.7 Å². The number of hydroxylamine groups is 1. The van der Waals surface area contributed by atoms with E-state index in [1.54, 1.807) is 43.6 Å². The van der Waals surface area contributed by atoms with Gasteiger partial charge in [-0.3, -0.25) is 14.8 Å². The van der Waals surface area contributed by atoms with Gasteiger partial charge in [-0.05, 0) is 56.2 Å². The van der Waals surface area contributed by atoms with Crippen LogP contribution in [0.5, 0.6) is 0 Å². The van der Waals surface area contributed by atoms with Gasteiger partial charge < -0.3 is 10.4 Å². The van der Waals surface area contributed by atoms with E-state index in [2.05, 4.69) is 29.0 Å². The predicted octanol–water partition coefficient (Wildman–Crippen LogP) is 0.779. The molecule has 7 heteroatoms. The summed E-state index contributed by atoms with van der Waals surface area (Å²) in [6.45, 7) is 3.34. The molecule has 1 atom stereocenters. The normalized spacial score (nSPS) is 11.2. The Kier molecular flexibility index (Phi) is 8.03. The van der Waals surface area contributed by atoms with E-state index < -0.39 is 22.6 Å². The molecule has 0 radical (unpaired) electrons. The van der Waals surface area contributed by atoms with Crippen molar-refractivity contribution in [2.45, 2.75) is 24.6 Å². The zero-order valence-electron chi connectivity index (χ0n) is 14.2. The van der Waals surface area contributed by atoms with Crippen LogP contribution < -0.4 is 10.8 Å². The Morgan fingerprint density at radius 2 is 1.88 bits per heavy atom. The highest BCUT2D eigenvalue weighted by Gasteiger charge is 2.36. The van der Waals surface area contributed by atoms with Crippen LogP contribution in [0.3, 0.4) is 0 Å². The van der Waals surface area contributed by atoms with E-state index in [9.17, 15) is 9.59 Å². The number of aliphatic hydroxyl groups excluding tert-OH is 1. The van der Waals surface area contributed by atoms with Crippen molar-refractivity contribution in [2.75, 3.05) is 12.9 Å². The summed E-state index contributed by atoms with van der Waals surface area (Å²) in [5.74, 6) is 9.13. The third-order valence-corrected chi connectivity index (χ3v) is 4.74. The van der Waals surface area contributed by atoms with Crippen LogP contribution in [-0.4, -0.2) is 45.8 Å². The third kappa shape index (κ3) is 6.17. The summed E-state index contributed by atoms with van der Waals surface area (Å²) >= 11 is 1.40. The van der Waals surface area contributed by atoms with Crippen molar-refractivity contribution in [2.24, 2.45) is 0 Å². The SMILES string of the molecule is CSC(C)(C)C(NC(=O)c1ccc(C#CC#CCO)cc1)C(=O)NO. The number of benzene rings is 1. The first-order chi connectivity index (χ1) is 11.9. The van der Waals surface area contributed by atoms with Gasteiger partial charge in [0.1, 0.15) is 12.6 Å². The summed E-state index contributed by atoms with van der Waals surface area (Å²) in [7, 11) is 0. The zero-order valence-corrected chi connectivity index (χ0v) is 15.0. The summed E-state index contributed by atoms with van der Waals surface area (Å²) in [5, 5.41) is 20.1. The number of carbonyl (C=O) groups excluding carboxylic acids is 2. The van der Waals surface area contributed by atoms with Crippen molar-refractivity contribution < 1.29 is 19.9 Å². The highest BCUT2D eigenvalue weighted by molar-refractivity contribution is 8.00. The number of aliphatic hydroxyl groups is 1. The Morgan fingerprint density at radius 1 is 1.24 bits per heavy atom. The number of hydrogen-bond acceptors (Lipinski definition) is 5. The first kappa shape index (κ1) is 20.6. The average molecular weight is 360 g/mol. The van der Waals surface area contributed by atoms with Crippen LogP contribution in [-0.2, 0) is 4.79 Å². The minimum Gasteiger partial charge on any atom is -0.384 e.